The largest absolute Gasteiger partial charge is 0.493 e. The van der Waals surface area contributed by atoms with E-state index in [0.29, 0.717) is 26.9 Å². The summed E-state index contributed by atoms with van der Waals surface area (Å²) in [6.07, 6.45) is 4.47. The number of halogens is 1. The third kappa shape index (κ3) is 5.49. The zero-order valence-corrected chi connectivity index (χ0v) is 16.9. The SMILES string of the molecule is COc1cc(C=NNC(=O)c2cncc(Br)c2)ccc1OC(=O)c1ccccc1. The lowest BCUT2D eigenvalue weighted by atomic mass is 10.2. The highest BCUT2D eigenvalue weighted by Gasteiger charge is 2.12. The monoisotopic (exact) mass is 453 g/mol. The van der Waals surface area contributed by atoms with Crippen LogP contribution in [-0.2, 0) is 0 Å². The summed E-state index contributed by atoms with van der Waals surface area (Å²) in [7, 11) is 1.47. The predicted molar refractivity (Wildman–Crippen MR) is 111 cm³/mol. The first kappa shape index (κ1) is 20.2. The third-order valence-corrected chi connectivity index (χ3v) is 4.18. The molecule has 7 nitrogen and oxygen atoms in total. The molecule has 0 aliphatic carbocycles. The zero-order valence-electron chi connectivity index (χ0n) is 15.3. The Balaban J connectivity index is 1.67. The molecule has 3 rings (SSSR count). The first-order valence-electron chi connectivity index (χ1n) is 8.46. The molecule has 0 bridgehead atoms. The first-order valence-corrected chi connectivity index (χ1v) is 9.25. The summed E-state index contributed by atoms with van der Waals surface area (Å²) >= 11 is 3.26. The Bertz CT molecular complexity index is 1050. The van der Waals surface area contributed by atoms with Crippen LogP contribution in [-0.4, -0.2) is 30.2 Å². The lowest BCUT2D eigenvalue weighted by molar-refractivity contribution is 0.0729. The average Bonchev–Trinajstić information content (AvgIpc) is 2.75. The van der Waals surface area contributed by atoms with E-state index in [1.54, 1.807) is 54.7 Å². The van der Waals surface area contributed by atoms with Crippen molar-refractivity contribution in [3.8, 4) is 11.5 Å². The summed E-state index contributed by atoms with van der Waals surface area (Å²) in [4.78, 5) is 28.2. The van der Waals surface area contributed by atoms with E-state index in [9.17, 15) is 9.59 Å². The Labute approximate surface area is 175 Å². The van der Waals surface area contributed by atoms with E-state index in [1.807, 2.05) is 6.07 Å². The van der Waals surface area contributed by atoms with Gasteiger partial charge in [-0.2, -0.15) is 5.10 Å². The maximum absolute atomic E-state index is 12.2. The summed E-state index contributed by atoms with van der Waals surface area (Å²) in [6, 6.07) is 15.2. The minimum atomic E-state index is -0.486. The molecule has 1 heterocycles. The quantitative estimate of drug-likeness (QED) is 0.265. The van der Waals surface area contributed by atoms with Crippen LogP contribution in [0.3, 0.4) is 0 Å². The number of hydrazone groups is 1. The van der Waals surface area contributed by atoms with Crippen LogP contribution in [0.2, 0.25) is 0 Å². The predicted octanol–water partition coefficient (Wildman–Crippen LogP) is 3.84. The number of rotatable bonds is 6. The van der Waals surface area contributed by atoms with Crippen LogP contribution in [0.5, 0.6) is 11.5 Å². The third-order valence-electron chi connectivity index (χ3n) is 3.75. The molecule has 0 fully saturated rings. The van der Waals surface area contributed by atoms with Crippen molar-refractivity contribution in [2.45, 2.75) is 0 Å². The molecule has 2 aromatic carbocycles. The molecule has 1 amide bonds. The number of carbonyl (C=O) groups is 2. The smallest absolute Gasteiger partial charge is 0.343 e. The summed E-state index contributed by atoms with van der Waals surface area (Å²) in [5, 5.41) is 3.93. The number of aromatic nitrogens is 1. The fraction of sp³-hybridized carbons (Fsp3) is 0.0476. The molecule has 0 spiro atoms. The van der Waals surface area contributed by atoms with Gasteiger partial charge < -0.3 is 9.47 Å². The van der Waals surface area contributed by atoms with Gasteiger partial charge >= 0.3 is 5.97 Å². The van der Waals surface area contributed by atoms with Crippen molar-refractivity contribution in [3.05, 3.63) is 88.2 Å². The van der Waals surface area contributed by atoms with Crippen molar-refractivity contribution in [2.24, 2.45) is 5.10 Å². The molecule has 0 radical (unpaired) electrons. The van der Waals surface area contributed by atoms with E-state index in [4.69, 9.17) is 9.47 Å². The number of amides is 1. The molecule has 1 aromatic heterocycles. The number of nitrogens with one attached hydrogen (secondary N) is 1. The summed E-state index contributed by atoms with van der Waals surface area (Å²) < 4.78 is 11.4. The Morgan fingerprint density at radius 2 is 1.83 bits per heavy atom. The fourth-order valence-corrected chi connectivity index (χ4v) is 2.71. The van der Waals surface area contributed by atoms with Gasteiger partial charge in [-0.25, -0.2) is 10.2 Å². The normalized spacial score (nSPS) is 10.6. The standard InChI is InChI=1S/C21H16BrN3O4/c1-28-19-9-14(11-24-25-20(26)16-10-17(22)13-23-12-16)7-8-18(19)29-21(27)15-5-3-2-4-6-15/h2-13H,1H3,(H,25,26). The topological polar surface area (TPSA) is 89.9 Å². The highest BCUT2D eigenvalue weighted by atomic mass is 79.9. The number of esters is 1. The van der Waals surface area contributed by atoms with Crippen LogP contribution >= 0.6 is 15.9 Å². The van der Waals surface area contributed by atoms with Gasteiger partial charge in [-0.05, 0) is 57.9 Å². The van der Waals surface area contributed by atoms with E-state index in [1.165, 1.54) is 19.5 Å². The van der Waals surface area contributed by atoms with Gasteiger partial charge in [-0.1, -0.05) is 18.2 Å². The molecule has 0 aliphatic rings. The van der Waals surface area contributed by atoms with Crippen molar-refractivity contribution in [2.75, 3.05) is 7.11 Å². The number of pyridine rings is 1. The molecule has 0 saturated carbocycles. The molecule has 0 atom stereocenters. The number of methoxy groups -OCH3 is 1. The molecule has 8 heteroatoms. The molecular formula is C21H16BrN3O4. The van der Waals surface area contributed by atoms with Gasteiger partial charge in [0.25, 0.3) is 5.91 Å². The molecule has 0 unspecified atom stereocenters. The second-order valence-electron chi connectivity index (χ2n) is 5.76. The van der Waals surface area contributed by atoms with E-state index in [2.05, 4.69) is 31.4 Å². The molecular weight excluding hydrogens is 438 g/mol. The number of benzene rings is 2. The molecule has 0 aliphatic heterocycles. The van der Waals surface area contributed by atoms with Crippen molar-refractivity contribution in [1.29, 1.82) is 0 Å². The maximum Gasteiger partial charge on any atom is 0.343 e. The van der Waals surface area contributed by atoms with Crippen molar-refractivity contribution in [3.63, 3.8) is 0 Å². The van der Waals surface area contributed by atoms with E-state index < -0.39 is 11.9 Å². The van der Waals surface area contributed by atoms with Gasteiger partial charge in [0.05, 0.1) is 24.5 Å². The zero-order chi connectivity index (χ0) is 20.6. The van der Waals surface area contributed by atoms with Crippen molar-refractivity contribution >= 4 is 34.0 Å². The van der Waals surface area contributed by atoms with Gasteiger partial charge in [0.1, 0.15) is 0 Å². The Morgan fingerprint density at radius 1 is 1.03 bits per heavy atom. The van der Waals surface area contributed by atoms with Crippen LogP contribution in [0.1, 0.15) is 26.3 Å². The summed E-state index contributed by atoms with van der Waals surface area (Å²) in [5.74, 6) is -0.237. The Hall–Kier alpha value is -3.52. The average molecular weight is 454 g/mol. The van der Waals surface area contributed by atoms with E-state index >= 15 is 0 Å². The number of hydrogen-bond donors (Lipinski definition) is 1. The fourth-order valence-electron chi connectivity index (χ4n) is 2.35. The highest BCUT2D eigenvalue weighted by molar-refractivity contribution is 9.10. The van der Waals surface area contributed by atoms with Crippen LogP contribution in [0, 0.1) is 0 Å². The summed E-state index contributed by atoms with van der Waals surface area (Å²) in [6.45, 7) is 0. The van der Waals surface area contributed by atoms with E-state index in [0.717, 1.165) is 0 Å². The second kappa shape index (κ2) is 9.61. The molecule has 1 N–H and O–H groups in total. The molecule has 29 heavy (non-hydrogen) atoms. The second-order valence-corrected chi connectivity index (χ2v) is 6.67. The van der Waals surface area contributed by atoms with Crippen LogP contribution in [0.25, 0.3) is 0 Å². The van der Waals surface area contributed by atoms with E-state index in [-0.39, 0.29) is 5.75 Å². The van der Waals surface area contributed by atoms with Crippen molar-refractivity contribution in [1.82, 2.24) is 10.4 Å². The Kier molecular flexibility index (Phi) is 6.70. The lowest BCUT2D eigenvalue weighted by Gasteiger charge is -2.10. The van der Waals surface area contributed by atoms with Gasteiger partial charge in [-0.15, -0.1) is 0 Å². The van der Waals surface area contributed by atoms with Gasteiger partial charge in [-0.3, -0.25) is 9.78 Å². The highest BCUT2D eigenvalue weighted by Crippen LogP contribution is 2.28. The molecule has 3 aromatic rings. The first-order chi connectivity index (χ1) is 14.1. The maximum atomic E-state index is 12.2. The number of nitrogens with zero attached hydrogens (tertiary/aromatic N) is 2. The number of ether oxygens (including phenoxy) is 2. The minimum absolute atomic E-state index is 0.280. The van der Waals surface area contributed by atoms with Crippen LogP contribution in [0.4, 0.5) is 0 Å². The lowest BCUT2D eigenvalue weighted by Crippen LogP contribution is -2.17. The summed E-state index contributed by atoms with van der Waals surface area (Å²) in [5.41, 5.74) is 3.88. The minimum Gasteiger partial charge on any atom is -0.493 e. The van der Waals surface area contributed by atoms with Crippen molar-refractivity contribution < 1.29 is 19.1 Å². The number of hydrogen-bond acceptors (Lipinski definition) is 6. The van der Waals surface area contributed by atoms with Gasteiger partial charge in [0.15, 0.2) is 11.5 Å². The number of carbonyl (C=O) groups excluding carboxylic acids is 2. The Morgan fingerprint density at radius 3 is 2.55 bits per heavy atom. The van der Waals surface area contributed by atoms with Gasteiger partial charge in [0.2, 0.25) is 0 Å². The van der Waals surface area contributed by atoms with Crippen LogP contribution < -0.4 is 14.9 Å². The van der Waals surface area contributed by atoms with Crippen LogP contribution in [0.15, 0.2) is 76.6 Å². The van der Waals surface area contributed by atoms with Gasteiger partial charge in [0, 0.05) is 16.9 Å². The molecule has 0 saturated heterocycles. The molecule has 146 valence electrons.